The highest BCUT2D eigenvalue weighted by molar-refractivity contribution is 7.92. The van der Waals surface area contributed by atoms with Crippen molar-refractivity contribution in [3.63, 3.8) is 0 Å². The van der Waals surface area contributed by atoms with Crippen molar-refractivity contribution in [2.45, 2.75) is 4.90 Å². The summed E-state index contributed by atoms with van der Waals surface area (Å²) >= 11 is 5.80. The van der Waals surface area contributed by atoms with Crippen molar-refractivity contribution in [1.82, 2.24) is 0 Å². The molecule has 2 amide bonds. The van der Waals surface area contributed by atoms with Crippen LogP contribution in [0.15, 0.2) is 77.7 Å². The van der Waals surface area contributed by atoms with Crippen molar-refractivity contribution < 1.29 is 22.9 Å². The lowest BCUT2D eigenvalue weighted by Crippen LogP contribution is -2.38. The number of rotatable bonds is 8. The molecule has 0 fully saturated rings. The number of anilines is 2. The minimum atomic E-state index is -4.38. The van der Waals surface area contributed by atoms with Gasteiger partial charge in [-0.1, -0.05) is 29.8 Å². The number of nitrogens with two attached hydrogens (primary N) is 1. The van der Waals surface area contributed by atoms with Crippen molar-refractivity contribution >= 4 is 50.5 Å². The van der Waals surface area contributed by atoms with Crippen LogP contribution in [0.25, 0.3) is 0 Å². The van der Waals surface area contributed by atoms with Gasteiger partial charge in [-0.25, -0.2) is 8.42 Å². The zero-order valence-corrected chi connectivity index (χ0v) is 18.4. The first kappa shape index (κ1) is 23.7. The first-order valence-electron chi connectivity index (χ1n) is 9.31. The molecule has 0 atom stereocenters. The number of hydrogen-bond donors (Lipinski definition) is 2. The van der Waals surface area contributed by atoms with Crippen LogP contribution >= 0.6 is 11.6 Å². The number of para-hydroxylation sites is 1. The minimum Gasteiger partial charge on any atom is -0.366 e. The fourth-order valence-corrected chi connectivity index (χ4v) is 4.51. The predicted molar refractivity (Wildman–Crippen MR) is 123 cm³/mol. The molecule has 33 heavy (non-hydrogen) atoms. The van der Waals surface area contributed by atoms with Crippen LogP contribution in [0.1, 0.15) is 10.4 Å². The lowest BCUT2D eigenvalue weighted by atomic mass is 10.2. The Morgan fingerprint density at radius 2 is 1.67 bits per heavy atom. The van der Waals surface area contributed by atoms with Crippen molar-refractivity contribution in [3.8, 4) is 0 Å². The van der Waals surface area contributed by atoms with Gasteiger partial charge in [0.2, 0.25) is 11.8 Å². The molecule has 170 valence electrons. The van der Waals surface area contributed by atoms with Crippen LogP contribution in [0, 0.1) is 10.1 Å². The molecule has 0 aromatic heterocycles. The number of hydrogen-bond acceptors (Lipinski definition) is 6. The van der Waals surface area contributed by atoms with Gasteiger partial charge in [0.1, 0.15) is 11.6 Å². The van der Waals surface area contributed by atoms with E-state index < -0.39 is 43.9 Å². The molecule has 0 aliphatic rings. The number of nitrogens with one attached hydrogen (secondary N) is 1. The number of benzene rings is 3. The minimum absolute atomic E-state index is 0.175. The zero-order chi connectivity index (χ0) is 24.2. The van der Waals surface area contributed by atoms with Crippen molar-refractivity contribution in [3.05, 3.63) is 93.5 Å². The van der Waals surface area contributed by atoms with Crippen LogP contribution in [-0.4, -0.2) is 31.7 Å². The van der Waals surface area contributed by atoms with Gasteiger partial charge < -0.3 is 11.1 Å². The number of nitrogens with zero attached hydrogens (tertiary/aromatic N) is 2. The van der Waals surface area contributed by atoms with Crippen molar-refractivity contribution in [2.75, 3.05) is 16.2 Å². The molecule has 10 nitrogen and oxygen atoms in total. The molecular formula is C21H17ClN4O6S. The molecule has 0 saturated heterocycles. The quantitative estimate of drug-likeness (QED) is 0.366. The number of amides is 2. The van der Waals surface area contributed by atoms with Crippen LogP contribution in [0.2, 0.25) is 5.02 Å². The molecule has 0 aliphatic heterocycles. The molecular weight excluding hydrogens is 472 g/mol. The summed E-state index contributed by atoms with van der Waals surface area (Å²) in [5.41, 5.74) is 5.34. The zero-order valence-electron chi connectivity index (χ0n) is 16.8. The Kier molecular flexibility index (Phi) is 6.95. The van der Waals surface area contributed by atoms with Crippen LogP contribution in [0.3, 0.4) is 0 Å². The molecule has 0 bridgehead atoms. The van der Waals surface area contributed by atoms with E-state index in [0.29, 0.717) is 5.69 Å². The fraction of sp³-hybridized carbons (Fsp3) is 0.0476. The number of nitro groups is 1. The van der Waals surface area contributed by atoms with Gasteiger partial charge in [0.05, 0.1) is 15.5 Å². The van der Waals surface area contributed by atoms with Gasteiger partial charge in [-0.05, 0) is 48.5 Å². The van der Waals surface area contributed by atoms with Gasteiger partial charge in [-0.15, -0.1) is 0 Å². The first-order valence-corrected chi connectivity index (χ1v) is 11.1. The maximum absolute atomic E-state index is 13.4. The van der Waals surface area contributed by atoms with Crippen LogP contribution in [-0.2, 0) is 14.8 Å². The molecule has 0 unspecified atom stereocenters. The number of nitro benzene ring substituents is 1. The number of carbonyl (C=O) groups is 2. The summed E-state index contributed by atoms with van der Waals surface area (Å²) in [4.78, 5) is 33.9. The molecule has 0 radical (unpaired) electrons. The average molecular weight is 489 g/mol. The number of carbonyl (C=O) groups excluding carboxylic acids is 2. The van der Waals surface area contributed by atoms with Gasteiger partial charge >= 0.3 is 0 Å². The van der Waals surface area contributed by atoms with Crippen molar-refractivity contribution in [1.29, 1.82) is 0 Å². The Morgan fingerprint density at radius 3 is 2.24 bits per heavy atom. The monoisotopic (exact) mass is 488 g/mol. The molecule has 3 N–H and O–H groups in total. The second-order valence-electron chi connectivity index (χ2n) is 6.71. The van der Waals surface area contributed by atoms with Gasteiger partial charge in [0.25, 0.3) is 15.7 Å². The van der Waals surface area contributed by atoms with Crippen LogP contribution in [0.5, 0.6) is 0 Å². The van der Waals surface area contributed by atoms with Crippen LogP contribution < -0.4 is 15.4 Å². The Labute approximate surface area is 193 Å². The van der Waals surface area contributed by atoms with E-state index in [1.165, 1.54) is 36.4 Å². The number of primary amides is 1. The van der Waals surface area contributed by atoms with Crippen LogP contribution in [0.4, 0.5) is 17.1 Å². The highest BCUT2D eigenvalue weighted by Gasteiger charge is 2.29. The Balaban J connectivity index is 1.94. The third-order valence-electron chi connectivity index (χ3n) is 4.49. The summed E-state index contributed by atoms with van der Waals surface area (Å²) in [6, 6.07) is 16.6. The summed E-state index contributed by atoms with van der Waals surface area (Å²) in [5, 5.41) is 13.5. The molecule has 3 aromatic rings. The van der Waals surface area contributed by atoms with E-state index >= 15 is 0 Å². The maximum atomic E-state index is 13.4. The largest absolute Gasteiger partial charge is 0.366 e. The normalized spacial score (nSPS) is 10.9. The molecule has 0 spiro atoms. The van der Waals surface area contributed by atoms with E-state index in [1.54, 1.807) is 18.2 Å². The highest BCUT2D eigenvalue weighted by Crippen LogP contribution is 2.30. The van der Waals surface area contributed by atoms with Gasteiger partial charge in [0.15, 0.2) is 0 Å². The summed E-state index contributed by atoms with van der Waals surface area (Å²) in [6.07, 6.45) is 0. The molecule has 3 aromatic carbocycles. The third kappa shape index (κ3) is 5.45. The molecule has 0 heterocycles. The van der Waals surface area contributed by atoms with Gasteiger partial charge in [-0.3, -0.25) is 24.0 Å². The van der Waals surface area contributed by atoms with E-state index in [4.69, 9.17) is 17.3 Å². The SMILES string of the molecule is NC(=O)c1ccc(NC(=O)CN(c2ccccc2)S(=O)(=O)c2ccc(Cl)c([N+](=O)[O-])c2)cc1. The first-order chi connectivity index (χ1) is 15.6. The Hall–Kier alpha value is -3.96. The summed E-state index contributed by atoms with van der Waals surface area (Å²) in [7, 11) is -4.38. The van der Waals surface area contributed by atoms with E-state index in [1.807, 2.05) is 0 Å². The highest BCUT2D eigenvalue weighted by atomic mass is 35.5. The molecule has 12 heteroatoms. The molecule has 3 rings (SSSR count). The predicted octanol–water partition coefficient (Wildman–Crippen LogP) is 3.18. The lowest BCUT2D eigenvalue weighted by molar-refractivity contribution is -0.384. The summed E-state index contributed by atoms with van der Waals surface area (Å²) in [5.74, 6) is -1.32. The number of sulfonamides is 1. The third-order valence-corrected chi connectivity index (χ3v) is 6.58. The average Bonchev–Trinajstić information content (AvgIpc) is 2.78. The van der Waals surface area contributed by atoms with E-state index in [0.717, 1.165) is 22.5 Å². The molecule has 0 aliphatic carbocycles. The van der Waals surface area contributed by atoms with E-state index in [2.05, 4.69) is 5.32 Å². The Bertz CT molecular complexity index is 1310. The summed E-state index contributed by atoms with van der Waals surface area (Å²) < 4.78 is 27.5. The second kappa shape index (κ2) is 9.67. The van der Waals surface area contributed by atoms with Gasteiger partial charge in [-0.2, -0.15) is 0 Å². The van der Waals surface area contributed by atoms with E-state index in [-0.39, 0.29) is 16.3 Å². The number of halogens is 1. The molecule has 0 saturated carbocycles. The topological polar surface area (TPSA) is 153 Å². The maximum Gasteiger partial charge on any atom is 0.289 e. The lowest BCUT2D eigenvalue weighted by Gasteiger charge is -2.24. The smallest absolute Gasteiger partial charge is 0.289 e. The summed E-state index contributed by atoms with van der Waals surface area (Å²) in [6.45, 7) is -0.625. The van der Waals surface area contributed by atoms with E-state index in [9.17, 15) is 28.1 Å². The van der Waals surface area contributed by atoms with Crippen molar-refractivity contribution in [2.24, 2.45) is 5.73 Å². The standard InChI is InChI=1S/C21H17ClN4O6S/c22-18-11-10-17(12-19(18)26(29)30)33(31,32)25(16-4-2-1-3-5-16)13-20(27)24-15-8-6-14(7-9-15)21(23)28/h1-12H,13H2,(H2,23,28)(H,24,27). The second-order valence-corrected chi connectivity index (χ2v) is 8.98. The fourth-order valence-electron chi connectivity index (χ4n) is 2.88. The Morgan fingerprint density at radius 1 is 1.03 bits per heavy atom. The van der Waals surface area contributed by atoms with Gasteiger partial charge in [0, 0.05) is 17.3 Å².